The molecule has 0 aliphatic rings. The largest absolute Gasteiger partial charge is 0.293 e. The highest BCUT2D eigenvalue weighted by Crippen LogP contribution is 2.26. The van der Waals surface area contributed by atoms with Crippen molar-refractivity contribution in [3.05, 3.63) is 27.0 Å². The minimum absolute atomic E-state index is 0.00727. The van der Waals surface area contributed by atoms with Gasteiger partial charge in [-0.25, -0.2) is 0 Å². The van der Waals surface area contributed by atoms with Gasteiger partial charge in [0.1, 0.15) is 4.88 Å². The molecule has 0 amide bonds. The number of aryl methyl sites for hydroxylation is 2. The van der Waals surface area contributed by atoms with Gasteiger partial charge in [0.05, 0.1) is 28.5 Å². The minimum atomic E-state index is 0.00727. The van der Waals surface area contributed by atoms with Crippen molar-refractivity contribution in [1.82, 2.24) is 19.4 Å². The maximum atomic E-state index is 12.5. The monoisotopic (exact) mass is 326 g/mol. The number of hydrogen-bond donors (Lipinski definition) is 0. The minimum Gasteiger partial charge on any atom is -0.293 e. The molecule has 21 heavy (non-hydrogen) atoms. The standard InChI is InChI=1S/C14H19ClN4OS/c1-5-9-12(15)10(19(6-2)17-9)7-11(20)14-13(8(3)4)16-18-21-14/h8H,5-7H2,1-4H3. The zero-order valence-electron chi connectivity index (χ0n) is 12.7. The zero-order valence-corrected chi connectivity index (χ0v) is 14.3. The van der Waals surface area contributed by atoms with Gasteiger partial charge < -0.3 is 0 Å². The molecule has 0 aliphatic carbocycles. The Morgan fingerprint density at radius 1 is 1.38 bits per heavy atom. The molecule has 0 spiro atoms. The molecule has 7 heteroatoms. The first kappa shape index (κ1) is 16.1. The molecule has 0 aromatic carbocycles. The Kier molecular flexibility index (Phi) is 5.11. The molecule has 0 atom stereocenters. The second kappa shape index (κ2) is 6.66. The molecule has 0 N–H and O–H groups in total. The van der Waals surface area contributed by atoms with Crippen molar-refractivity contribution in [2.75, 3.05) is 0 Å². The smallest absolute Gasteiger partial charge is 0.182 e. The predicted octanol–water partition coefficient (Wildman–Crippen LogP) is 3.52. The normalized spacial score (nSPS) is 11.3. The van der Waals surface area contributed by atoms with E-state index in [-0.39, 0.29) is 18.1 Å². The van der Waals surface area contributed by atoms with E-state index < -0.39 is 0 Å². The Morgan fingerprint density at radius 2 is 2.10 bits per heavy atom. The highest BCUT2D eigenvalue weighted by Gasteiger charge is 2.23. The Labute approximate surface area is 133 Å². The highest BCUT2D eigenvalue weighted by molar-refractivity contribution is 7.08. The summed E-state index contributed by atoms with van der Waals surface area (Å²) in [5.74, 6) is 0.188. The van der Waals surface area contributed by atoms with Gasteiger partial charge in [-0.2, -0.15) is 5.10 Å². The number of Topliss-reactive ketones (excluding diaryl/α,β-unsaturated/α-hetero) is 1. The van der Waals surface area contributed by atoms with Crippen LogP contribution in [0.1, 0.15) is 60.4 Å². The average Bonchev–Trinajstić information content (AvgIpc) is 3.05. The summed E-state index contributed by atoms with van der Waals surface area (Å²) < 4.78 is 5.72. The van der Waals surface area contributed by atoms with Crippen molar-refractivity contribution >= 4 is 28.9 Å². The van der Waals surface area contributed by atoms with Crippen LogP contribution in [0.25, 0.3) is 0 Å². The lowest BCUT2D eigenvalue weighted by Crippen LogP contribution is -2.11. The van der Waals surface area contributed by atoms with Gasteiger partial charge in [-0.1, -0.05) is 36.9 Å². The highest BCUT2D eigenvalue weighted by atomic mass is 35.5. The molecule has 0 bridgehead atoms. The van der Waals surface area contributed by atoms with Gasteiger partial charge in [0.15, 0.2) is 5.78 Å². The van der Waals surface area contributed by atoms with E-state index in [0.29, 0.717) is 16.4 Å². The van der Waals surface area contributed by atoms with Gasteiger partial charge in [-0.3, -0.25) is 9.48 Å². The number of nitrogens with zero attached hydrogens (tertiary/aromatic N) is 4. The van der Waals surface area contributed by atoms with E-state index in [2.05, 4.69) is 14.7 Å². The molecular weight excluding hydrogens is 308 g/mol. The molecule has 2 heterocycles. The average molecular weight is 327 g/mol. The number of ketones is 1. The van der Waals surface area contributed by atoms with Crippen LogP contribution in [-0.4, -0.2) is 25.2 Å². The summed E-state index contributed by atoms with van der Waals surface area (Å²) in [6, 6.07) is 0. The SMILES string of the molecule is CCc1nn(CC)c(CC(=O)c2snnc2C(C)C)c1Cl. The fraction of sp³-hybridized carbons (Fsp3) is 0.571. The lowest BCUT2D eigenvalue weighted by molar-refractivity contribution is 0.0993. The molecule has 2 aromatic rings. The van der Waals surface area contributed by atoms with Crippen molar-refractivity contribution in [2.45, 2.75) is 53.0 Å². The van der Waals surface area contributed by atoms with Crippen LogP contribution >= 0.6 is 23.1 Å². The van der Waals surface area contributed by atoms with Crippen LogP contribution in [-0.2, 0) is 19.4 Å². The first-order valence-electron chi connectivity index (χ1n) is 7.09. The van der Waals surface area contributed by atoms with Crippen LogP contribution in [0.3, 0.4) is 0 Å². The van der Waals surface area contributed by atoms with Gasteiger partial charge in [-0.15, -0.1) is 5.10 Å². The fourth-order valence-corrected chi connectivity index (χ4v) is 3.28. The van der Waals surface area contributed by atoms with E-state index in [9.17, 15) is 4.79 Å². The molecule has 2 aromatic heterocycles. The summed E-state index contributed by atoms with van der Waals surface area (Å²) in [6.45, 7) is 8.70. The van der Waals surface area contributed by atoms with Gasteiger partial charge in [0.2, 0.25) is 0 Å². The number of aromatic nitrogens is 4. The third kappa shape index (κ3) is 3.16. The molecule has 0 fully saturated rings. The Balaban J connectivity index is 2.31. The molecule has 114 valence electrons. The van der Waals surface area contributed by atoms with Crippen molar-refractivity contribution in [2.24, 2.45) is 0 Å². The molecular formula is C14H19ClN4OS. The van der Waals surface area contributed by atoms with E-state index in [0.717, 1.165) is 35.0 Å². The number of carbonyl (C=O) groups is 1. The van der Waals surface area contributed by atoms with Gasteiger partial charge >= 0.3 is 0 Å². The Morgan fingerprint density at radius 3 is 2.67 bits per heavy atom. The topological polar surface area (TPSA) is 60.7 Å². The second-order valence-electron chi connectivity index (χ2n) is 5.12. The third-order valence-electron chi connectivity index (χ3n) is 3.34. The number of hydrogen-bond acceptors (Lipinski definition) is 5. The molecule has 5 nitrogen and oxygen atoms in total. The van der Waals surface area contributed by atoms with Crippen molar-refractivity contribution in [3.8, 4) is 0 Å². The first-order valence-corrected chi connectivity index (χ1v) is 8.24. The van der Waals surface area contributed by atoms with Crippen molar-refractivity contribution in [1.29, 1.82) is 0 Å². The second-order valence-corrected chi connectivity index (χ2v) is 6.25. The van der Waals surface area contributed by atoms with Gasteiger partial charge in [0, 0.05) is 6.54 Å². The summed E-state index contributed by atoms with van der Waals surface area (Å²) in [5, 5.41) is 9.11. The van der Waals surface area contributed by atoms with Crippen molar-refractivity contribution in [3.63, 3.8) is 0 Å². The fourth-order valence-electron chi connectivity index (χ4n) is 2.19. The zero-order chi connectivity index (χ0) is 15.6. The van der Waals surface area contributed by atoms with Crippen LogP contribution in [0.5, 0.6) is 0 Å². The van der Waals surface area contributed by atoms with E-state index in [1.165, 1.54) is 0 Å². The van der Waals surface area contributed by atoms with Crippen LogP contribution in [0.4, 0.5) is 0 Å². The Hall–Kier alpha value is -1.27. The quantitative estimate of drug-likeness (QED) is 0.762. The maximum absolute atomic E-state index is 12.5. The summed E-state index contributed by atoms with van der Waals surface area (Å²) in [5.41, 5.74) is 2.39. The van der Waals surface area contributed by atoms with E-state index in [4.69, 9.17) is 11.6 Å². The number of rotatable bonds is 6. The third-order valence-corrected chi connectivity index (χ3v) is 4.55. The molecule has 0 aliphatic heterocycles. The van der Waals surface area contributed by atoms with Crippen molar-refractivity contribution < 1.29 is 4.79 Å². The van der Waals surface area contributed by atoms with Gasteiger partial charge in [0.25, 0.3) is 0 Å². The number of halogens is 1. The van der Waals surface area contributed by atoms with E-state index in [1.54, 1.807) is 0 Å². The first-order chi connectivity index (χ1) is 9.99. The predicted molar refractivity (Wildman–Crippen MR) is 84.3 cm³/mol. The summed E-state index contributed by atoms with van der Waals surface area (Å²) >= 11 is 7.51. The van der Waals surface area contributed by atoms with Gasteiger partial charge in [-0.05, 0) is 30.8 Å². The van der Waals surface area contributed by atoms with Crippen LogP contribution in [0.2, 0.25) is 5.02 Å². The van der Waals surface area contributed by atoms with Crippen LogP contribution in [0.15, 0.2) is 0 Å². The van der Waals surface area contributed by atoms with Crippen LogP contribution < -0.4 is 0 Å². The van der Waals surface area contributed by atoms with Crippen LogP contribution in [0, 0.1) is 0 Å². The van der Waals surface area contributed by atoms with E-state index >= 15 is 0 Å². The number of carbonyl (C=O) groups excluding carboxylic acids is 1. The molecule has 0 saturated heterocycles. The lowest BCUT2D eigenvalue weighted by Gasteiger charge is -2.06. The summed E-state index contributed by atoms with van der Waals surface area (Å²) in [4.78, 5) is 13.2. The summed E-state index contributed by atoms with van der Waals surface area (Å²) in [6.07, 6.45) is 0.996. The lowest BCUT2D eigenvalue weighted by atomic mass is 10.1. The molecule has 0 saturated carbocycles. The Bertz CT molecular complexity index is 647. The summed E-state index contributed by atoms with van der Waals surface area (Å²) in [7, 11) is 0. The van der Waals surface area contributed by atoms with E-state index in [1.807, 2.05) is 32.4 Å². The molecule has 0 radical (unpaired) electrons. The molecule has 0 unspecified atom stereocenters. The molecule has 2 rings (SSSR count). The maximum Gasteiger partial charge on any atom is 0.182 e.